The summed E-state index contributed by atoms with van der Waals surface area (Å²) in [6, 6.07) is 17.1. The molecule has 4 rings (SSSR count). The van der Waals surface area contributed by atoms with Crippen LogP contribution in [0.1, 0.15) is 21.5 Å². The van der Waals surface area contributed by atoms with Gasteiger partial charge in [-0.2, -0.15) is 5.10 Å². The zero-order chi connectivity index (χ0) is 18.6. The molecule has 8 nitrogen and oxygen atoms in total. The second-order valence-corrected chi connectivity index (χ2v) is 6.12. The summed E-state index contributed by atoms with van der Waals surface area (Å²) in [5, 5.41) is 18.3. The number of hydrogen-bond donors (Lipinski definition) is 1. The third-order valence-corrected chi connectivity index (χ3v) is 4.09. The van der Waals surface area contributed by atoms with Gasteiger partial charge in [0.1, 0.15) is 12.1 Å². The van der Waals surface area contributed by atoms with Gasteiger partial charge < -0.3 is 5.32 Å². The van der Waals surface area contributed by atoms with Gasteiger partial charge in [0, 0.05) is 11.6 Å². The SMILES string of the molecule is Cc1cccc(Cn2nccc2NC(=O)c2cccc(-n3cnnn3)c2)c1. The third-order valence-electron chi connectivity index (χ3n) is 4.09. The Kier molecular flexibility index (Phi) is 4.44. The predicted octanol–water partition coefficient (Wildman–Crippen LogP) is 2.47. The highest BCUT2D eigenvalue weighted by Crippen LogP contribution is 2.14. The van der Waals surface area contributed by atoms with Gasteiger partial charge in [-0.1, -0.05) is 35.9 Å². The van der Waals surface area contributed by atoms with Crippen LogP contribution in [-0.4, -0.2) is 35.9 Å². The molecule has 0 radical (unpaired) electrons. The summed E-state index contributed by atoms with van der Waals surface area (Å²) >= 11 is 0. The lowest BCUT2D eigenvalue weighted by Crippen LogP contribution is -2.16. The number of carbonyl (C=O) groups excluding carboxylic acids is 1. The summed E-state index contributed by atoms with van der Waals surface area (Å²) in [5.74, 6) is 0.408. The lowest BCUT2D eigenvalue weighted by Gasteiger charge is -2.10. The Bertz CT molecular complexity index is 1070. The molecule has 0 aliphatic heterocycles. The van der Waals surface area contributed by atoms with Crippen LogP contribution in [0.2, 0.25) is 0 Å². The number of rotatable bonds is 5. The monoisotopic (exact) mass is 359 g/mol. The molecular weight excluding hydrogens is 342 g/mol. The van der Waals surface area contributed by atoms with Crippen molar-refractivity contribution in [1.29, 1.82) is 0 Å². The second-order valence-electron chi connectivity index (χ2n) is 6.12. The maximum atomic E-state index is 12.7. The van der Waals surface area contributed by atoms with Gasteiger partial charge in [-0.05, 0) is 41.1 Å². The molecule has 1 amide bonds. The fourth-order valence-corrected chi connectivity index (χ4v) is 2.81. The average molecular weight is 359 g/mol. The molecule has 0 spiro atoms. The Labute approximate surface area is 155 Å². The van der Waals surface area contributed by atoms with E-state index in [4.69, 9.17) is 0 Å². The number of carbonyl (C=O) groups is 1. The highest BCUT2D eigenvalue weighted by Gasteiger charge is 2.11. The van der Waals surface area contributed by atoms with Crippen molar-refractivity contribution in [3.8, 4) is 5.69 Å². The molecule has 4 aromatic rings. The van der Waals surface area contributed by atoms with Gasteiger partial charge in [0.25, 0.3) is 5.91 Å². The predicted molar refractivity (Wildman–Crippen MR) is 99.6 cm³/mol. The first-order chi connectivity index (χ1) is 13.2. The van der Waals surface area contributed by atoms with Crippen LogP contribution in [0.15, 0.2) is 67.1 Å². The van der Waals surface area contributed by atoms with Gasteiger partial charge in [-0.15, -0.1) is 5.10 Å². The standard InChI is InChI=1S/C19H17N7O/c1-14-4-2-5-15(10-14)12-25-18(8-9-21-25)22-19(27)16-6-3-7-17(11-16)26-13-20-23-24-26/h2-11,13H,12H2,1H3,(H,22,27). The Balaban J connectivity index is 1.53. The lowest BCUT2D eigenvalue weighted by molar-refractivity contribution is 0.102. The van der Waals surface area contributed by atoms with Crippen molar-refractivity contribution >= 4 is 11.7 Å². The molecule has 0 fully saturated rings. The van der Waals surface area contributed by atoms with Gasteiger partial charge in [0.05, 0.1) is 18.4 Å². The molecule has 27 heavy (non-hydrogen) atoms. The van der Waals surface area contributed by atoms with E-state index in [9.17, 15) is 4.79 Å². The quantitative estimate of drug-likeness (QED) is 0.591. The normalized spacial score (nSPS) is 10.7. The van der Waals surface area contributed by atoms with E-state index >= 15 is 0 Å². The van der Waals surface area contributed by atoms with Gasteiger partial charge >= 0.3 is 0 Å². The van der Waals surface area contributed by atoms with E-state index in [1.807, 2.05) is 31.2 Å². The summed E-state index contributed by atoms with van der Waals surface area (Å²) < 4.78 is 3.26. The van der Waals surface area contributed by atoms with Crippen LogP contribution in [0.25, 0.3) is 5.69 Å². The van der Waals surface area contributed by atoms with Crippen LogP contribution >= 0.6 is 0 Å². The summed E-state index contributed by atoms with van der Waals surface area (Å²) in [4.78, 5) is 12.7. The molecule has 2 aromatic heterocycles. The number of anilines is 1. The molecule has 0 bridgehead atoms. The van der Waals surface area contributed by atoms with Gasteiger partial charge in [0.2, 0.25) is 0 Å². The van der Waals surface area contributed by atoms with Crippen molar-refractivity contribution in [2.24, 2.45) is 0 Å². The maximum absolute atomic E-state index is 12.7. The zero-order valence-electron chi connectivity index (χ0n) is 14.6. The molecule has 0 saturated carbocycles. The van der Waals surface area contributed by atoms with Gasteiger partial charge in [-0.25, -0.2) is 9.36 Å². The van der Waals surface area contributed by atoms with Crippen molar-refractivity contribution in [3.63, 3.8) is 0 Å². The number of hydrogen-bond acceptors (Lipinski definition) is 5. The summed E-state index contributed by atoms with van der Waals surface area (Å²) in [7, 11) is 0. The highest BCUT2D eigenvalue weighted by molar-refractivity contribution is 6.04. The maximum Gasteiger partial charge on any atom is 0.256 e. The molecule has 0 saturated heterocycles. The van der Waals surface area contributed by atoms with Crippen LogP contribution in [0.4, 0.5) is 5.82 Å². The van der Waals surface area contributed by atoms with Gasteiger partial charge in [0.15, 0.2) is 0 Å². The molecule has 0 aliphatic rings. The van der Waals surface area contributed by atoms with E-state index in [-0.39, 0.29) is 5.91 Å². The number of benzene rings is 2. The molecular formula is C19H17N7O. The molecule has 2 aromatic carbocycles. The first-order valence-electron chi connectivity index (χ1n) is 8.41. The Morgan fingerprint density at radius 3 is 2.81 bits per heavy atom. The number of nitrogens with one attached hydrogen (secondary N) is 1. The number of amides is 1. The second kappa shape index (κ2) is 7.20. The minimum absolute atomic E-state index is 0.226. The van der Waals surface area contributed by atoms with Crippen LogP contribution in [0.5, 0.6) is 0 Å². The van der Waals surface area contributed by atoms with Crippen molar-refractivity contribution in [3.05, 3.63) is 83.8 Å². The van der Waals surface area contributed by atoms with E-state index in [1.165, 1.54) is 16.6 Å². The number of aromatic nitrogens is 6. The van der Waals surface area contributed by atoms with Crippen molar-refractivity contribution < 1.29 is 4.79 Å². The van der Waals surface area contributed by atoms with Crippen LogP contribution in [0, 0.1) is 6.92 Å². The molecule has 0 aliphatic carbocycles. The van der Waals surface area contributed by atoms with Crippen molar-refractivity contribution in [1.82, 2.24) is 30.0 Å². The average Bonchev–Trinajstić information content (AvgIpc) is 3.35. The Morgan fingerprint density at radius 2 is 2.00 bits per heavy atom. The summed E-state index contributed by atoms with van der Waals surface area (Å²) in [5.41, 5.74) is 3.52. The summed E-state index contributed by atoms with van der Waals surface area (Å²) in [6.07, 6.45) is 3.15. The fraction of sp³-hybridized carbons (Fsp3) is 0.105. The largest absolute Gasteiger partial charge is 0.307 e. The Hall–Kier alpha value is -3.81. The van der Waals surface area contributed by atoms with Crippen LogP contribution < -0.4 is 5.32 Å². The minimum atomic E-state index is -0.226. The molecule has 1 N–H and O–H groups in total. The first kappa shape index (κ1) is 16.6. The third kappa shape index (κ3) is 3.74. The lowest BCUT2D eigenvalue weighted by atomic mass is 10.1. The molecule has 2 heterocycles. The van der Waals surface area contributed by atoms with Crippen LogP contribution in [-0.2, 0) is 6.54 Å². The minimum Gasteiger partial charge on any atom is -0.307 e. The van der Waals surface area contributed by atoms with Crippen LogP contribution in [0.3, 0.4) is 0 Å². The smallest absolute Gasteiger partial charge is 0.256 e. The topological polar surface area (TPSA) is 90.5 Å². The van der Waals surface area contributed by atoms with Crippen molar-refractivity contribution in [2.45, 2.75) is 13.5 Å². The Morgan fingerprint density at radius 1 is 1.11 bits per heavy atom. The molecule has 0 unspecified atom stereocenters. The van der Waals surface area contributed by atoms with Gasteiger partial charge in [-0.3, -0.25) is 4.79 Å². The summed E-state index contributed by atoms with van der Waals surface area (Å²) in [6.45, 7) is 2.63. The van der Waals surface area contributed by atoms with E-state index in [0.717, 1.165) is 5.56 Å². The van der Waals surface area contributed by atoms with Crippen molar-refractivity contribution in [2.75, 3.05) is 5.32 Å². The number of nitrogens with zero attached hydrogens (tertiary/aromatic N) is 6. The van der Waals surface area contributed by atoms with E-state index < -0.39 is 0 Å². The highest BCUT2D eigenvalue weighted by atomic mass is 16.1. The van der Waals surface area contributed by atoms with E-state index in [2.05, 4.69) is 32.0 Å². The van der Waals surface area contributed by atoms with E-state index in [1.54, 1.807) is 35.1 Å². The number of aryl methyl sites for hydroxylation is 1. The zero-order valence-corrected chi connectivity index (χ0v) is 14.6. The molecule has 0 atom stereocenters. The molecule has 8 heteroatoms. The first-order valence-corrected chi connectivity index (χ1v) is 8.41. The van der Waals surface area contributed by atoms with E-state index in [0.29, 0.717) is 23.6 Å². The number of tetrazole rings is 1. The fourth-order valence-electron chi connectivity index (χ4n) is 2.81. The molecule has 134 valence electrons.